The molecule has 1 heterocycles. The zero-order chi connectivity index (χ0) is 17.6. The first-order chi connectivity index (χ1) is 12.1. The number of rotatable bonds is 6. The Labute approximate surface area is 147 Å². The third-order valence-electron chi connectivity index (χ3n) is 3.27. The Kier molecular flexibility index (Phi) is 5.00. The van der Waals surface area contributed by atoms with Gasteiger partial charge in [0.2, 0.25) is 0 Å². The van der Waals surface area contributed by atoms with E-state index in [0.717, 1.165) is 10.6 Å². The van der Waals surface area contributed by atoms with Crippen molar-refractivity contribution in [1.29, 1.82) is 0 Å². The molecule has 0 aliphatic carbocycles. The van der Waals surface area contributed by atoms with Crippen LogP contribution in [0.1, 0.15) is 0 Å². The molecule has 0 spiro atoms. The lowest BCUT2D eigenvalue weighted by Crippen LogP contribution is -2.20. The Morgan fingerprint density at radius 1 is 1.20 bits per heavy atom. The van der Waals surface area contributed by atoms with E-state index in [-0.39, 0.29) is 18.0 Å². The van der Waals surface area contributed by atoms with Crippen molar-refractivity contribution in [2.75, 3.05) is 11.9 Å². The maximum Gasteiger partial charge on any atom is 0.310 e. The maximum absolute atomic E-state index is 12.0. The fourth-order valence-electron chi connectivity index (χ4n) is 2.13. The topological polar surface area (TPSA) is 94.4 Å². The van der Waals surface area contributed by atoms with Gasteiger partial charge in [-0.05, 0) is 30.3 Å². The number of anilines is 1. The molecular formula is C17H13N3O4S. The lowest BCUT2D eigenvalue weighted by molar-refractivity contribution is -0.385. The van der Waals surface area contributed by atoms with Gasteiger partial charge in [-0.25, -0.2) is 4.98 Å². The average Bonchev–Trinajstić information content (AvgIpc) is 3.15. The molecule has 126 valence electrons. The number of carbonyl (C=O) groups excluding carboxylic acids is 1. The molecule has 8 heteroatoms. The van der Waals surface area contributed by atoms with E-state index in [1.54, 1.807) is 24.4 Å². The summed E-state index contributed by atoms with van der Waals surface area (Å²) in [7, 11) is 0. The quantitative estimate of drug-likeness (QED) is 0.537. The average molecular weight is 355 g/mol. The van der Waals surface area contributed by atoms with Crippen LogP contribution in [0.3, 0.4) is 0 Å². The molecule has 25 heavy (non-hydrogen) atoms. The predicted octanol–water partition coefficient (Wildman–Crippen LogP) is 3.74. The van der Waals surface area contributed by atoms with Gasteiger partial charge in [-0.15, -0.1) is 11.3 Å². The van der Waals surface area contributed by atoms with Crippen molar-refractivity contribution in [1.82, 2.24) is 4.98 Å². The fourth-order valence-corrected chi connectivity index (χ4v) is 2.78. The van der Waals surface area contributed by atoms with Gasteiger partial charge >= 0.3 is 5.69 Å². The molecule has 1 aromatic heterocycles. The molecule has 3 rings (SSSR count). The second kappa shape index (κ2) is 7.54. The number of nitro benzene ring substituents is 1. The number of hydrogen-bond acceptors (Lipinski definition) is 6. The molecule has 0 saturated carbocycles. The number of hydrogen-bond donors (Lipinski definition) is 1. The van der Waals surface area contributed by atoms with Crippen LogP contribution in [0.2, 0.25) is 0 Å². The van der Waals surface area contributed by atoms with Crippen LogP contribution in [0.5, 0.6) is 5.75 Å². The van der Waals surface area contributed by atoms with Crippen LogP contribution in [0.15, 0.2) is 60.1 Å². The van der Waals surface area contributed by atoms with Gasteiger partial charge in [-0.2, -0.15) is 0 Å². The van der Waals surface area contributed by atoms with Crippen LogP contribution in [0.25, 0.3) is 10.6 Å². The number of thiazole rings is 1. The minimum absolute atomic E-state index is 0.0572. The van der Waals surface area contributed by atoms with Crippen LogP contribution in [-0.4, -0.2) is 22.4 Å². The summed E-state index contributed by atoms with van der Waals surface area (Å²) < 4.78 is 5.25. The highest BCUT2D eigenvalue weighted by Gasteiger charge is 2.15. The van der Waals surface area contributed by atoms with Crippen LogP contribution < -0.4 is 10.1 Å². The Morgan fingerprint density at radius 3 is 2.64 bits per heavy atom. The fraction of sp³-hybridized carbons (Fsp3) is 0.0588. The lowest BCUT2D eigenvalue weighted by Gasteiger charge is -2.08. The van der Waals surface area contributed by atoms with Gasteiger partial charge in [0.1, 0.15) is 5.01 Å². The molecular weight excluding hydrogens is 342 g/mol. The minimum Gasteiger partial charge on any atom is -0.477 e. The van der Waals surface area contributed by atoms with Crippen molar-refractivity contribution < 1.29 is 14.5 Å². The van der Waals surface area contributed by atoms with Crippen molar-refractivity contribution in [2.45, 2.75) is 0 Å². The van der Waals surface area contributed by atoms with Gasteiger partial charge in [0.25, 0.3) is 5.91 Å². The summed E-state index contributed by atoms with van der Waals surface area (Å²) in [6, 6.07) is 13.2. The van der Waals surface area contributed by atoms with Crippen molar-refractivity contribution >= 4 is 28.6 Å². The number of benzene rings is 2. The first-order valence-electron chi connectivity index (χ1n) is 7.29. The van der Waals surface area contributed by atoms with Crippen molar-refractivity contribution in [3.63, 3.8) is 0 Å². The molecule has 3 aromatic rings. The Morgan fingerprint density at radius 2 is 1.96 bits per heavy atom. The molecule has 0 fully saturated rings. The summed E-state index contributed by atoms with van der Waals surface area (Å²) in [5.74, 6) is -0.345. The first-order valence-corrected chi connectivity index (χ1v) is 8.17. The van der Waals surface area contributed by atoms with Crippen LogP contribution in [0.4, 0.5) is 11.4 Å². The zero-order valence-electron chi connectivity index (χ0n) is 12.9. The van der Waals surface area contributed by atoms with E-state index < -0.39 is 10.8 Å². The van der Waals surface area contributed by atoms with Crippen molar-refractivity contribution in [2.24, 2.45) is 0 Å². The molecule has 7 nitrogen and oxygen atoms in total. The first kappa shape index (κ1) is 16.6. The highest BCUT2D eigenvalue weighted by Crippen LogP contribution is 2.26. The molecule has 0 aliphatic heterocycles. The smallest absolute Gasteiger partial charge is 0.310 e. The highest BCUT2D eigenvalue weighted by molar-refractivity contribution is 7.13. The predicted molar refractivity (Wildman–Crippen MR) is 94.8 cm³/mol. The number of amides is 1. The second-order valence-electron chi connectivity index (χ2n) is 4.98. The minimum atomic E-state index is -0.551. The summed E-state index contributed by atoms with van der Waals surface area (Å²) in [5.41, 5.74) is 1.39. The number of nitrogens with zero attached hydrogens (tertiary/aromatic N) is 2. The Hall–Kier alpha value is -3.26. The zero-order valence-corrected chi connectivity index (χ0v) is 13.7. The molecule has 2 aromatic carbocycles. The molecule has 0 saturated heterocycles. The molecule has 1 N–H and O–H groups in total. The molecule has 0 unspecified atom stereocenters. The van der Waals surface area contributed by atoms with Gasteiger partial charge in [0.15, 0.2) is 12.4 Å². The van der Waals surface area contributed by atoms with E-state index in [1.165, 1.54) is 29.5 Å². The summed E-state index contributed by atoms with van der Waals surface area (Å²) in [4.78, 5) is 26.5. The normalized spacial score (nSPS) is 10.2. The van der Waals surface area contributed by atoms with E-state index >= 15 is 0 Å². The summed E-state index contributed by atoms with van der Waals surface area (Å²) >= 11 is 1.53. The number of aromatic nitrogens is 1. The highest BCUT2D eigenvalue weighted by atomic mass is 32.1. The van der Waals surface area contributed by atoms with E-state index in [0.29, 0.717) is 5.69 Å². The summed E-state index contributed by atoms with van der Waals surface area (Å²) in [6.45, 7) is -0.320. The number of para-hydroxylation sites is 2. The molecule has 0 bridgehead atoms. The SMILES string of the molecule is O=C(COc1ccccc1[N+](=O)[O-])Nc1ccc(-c2nccs2)cc1. The molecule has 1 amide bonds. The van der Waals surface area contributed by atoms with E-state index in [1.807, 2.05) is 17.5 Å². The van der Waals surface area contributed by atoms with Crippen molar-refractivity contribution in [3.8, 4) is 16.3 Å². The van der Waals surface area contributed by atoms with Crippen LogP contribution in [-0.2, 0) is 4.79 Å². The van der Waals surface area contributed by atoms with Gasteiger partial charge in [-0.3, -0.25) is 14.9 Å². The van der Waals surface area contributed by atoms with E-state index in [2.05, 4.69) is 10.3 Å². The molecule has 0 aliphatic rings. The van der Waals surface area contributed by atoms with Crippen LogP contribution >= 0.6 is 11.3 Å². The van der Waals surface area contributed by atoms with Crippen molar-refractivity contribution in [3.05, 3.63) is 70.2 Å². The third kappa shape index (κ3) is 4.18. The van der Waals surface area contributed by atoms with E-state index in [4.69, 9.17) is 4.74 Å². The van der Waals surface area contributed by atoms with Crippen LogP contribution in [0, 0.1) is 10.1 Å². The number of nitro groups is 1. The molecule has 0 atom stereocenters. The number of nitrogens with one attached hydrogen (secondary N) is 1. The lowest BCUT2D eigenvalue weighted by atomic mass is 10.2. The van der Waals surface area contributed by atoms with Gasteiger partial charge < -0.3 is 10.1 Å². The van der Waals surface area contributed by atoms with Gasteiger partial charge in [0.05, 0.1) is 4.92 Å². The van der Waals surface area contributed by atoms with E-state index in [9.17, 15) is 14.9 Å². The second-order valence-corrected chi connectivity index (χ2v) is 5.87. The maximum atomic E-state index is 12.0. The Bertz CT molecular complexity index is 879. The third-order valence-corrected chi connectivity index (χ3v) is 4.09. The molecule has 0 radical (unpaired) electrons. The largest absolute Gasteiger partial charge is 0.477 e. The van der Waals surface area contributed by atoms with Gasteiger partial charge in [-0.1, -0.05) is 12.1 Å². The summed E-state index contributed by atoms with van der Waals surface area (Å²) in [6.07, 6.45) is 1.73. The standard InChI is InChI=1S/C17H13N3O4S/c21-16(11-24-15-4-2-1-3-14(15)20(22)23)19-13-7-5-12(6-8-13)17-18-9-10-25-17/h1-10H,11H2,(H,19,21). The summed E-state index contributed by atoms with van der Waals surface area (Å²) in [5, 5.41) is 16.4. The number of carbonyl (C=O) groups is 1. The van der Waals surface area contributed by atoms with Gasteiger partial charge in [0, 0.05) is 28.9 Å². The Balaban J connectivity index is 1.59. The number of ether oxygens (including phenoxy) is 1. The monoisotopic (exact) mass is 355 g/mol.